The predicted molar refractivity (Wildman–Crippen MR) is 77.2 cm³/mol. The SMILES string of the molecule is O=C(COC(=O)c1cccc2ocnc12)Nc1cccnc1. The first-order chi connectivity index (χ1) is 10.7. The predicted octanol–water partition coefficient (Wildman–Crippen LogP) is 2.02. The van der Waals surface area contributed by atoms with Gasteiger partial charge in [-0.3, -0.25) is 9.78 Å². The second-order valence-electron chi connectivity index (χ2n) is 4.37. The molecule has 0 aliphatic rings. The summed E-state index contributed by atoms with van der Waals surface area (Å²) in [6.45, 7) is -0.401. The van der Waals surface area contributed by atoms with E-state index in [4.69, 9.17) is 9.15 Å². The number of fused-ring (bicyclic) bond motifs is 1. The van der Waals surface area contributed by atoms with Gasteiger partial charge < -0.3 is 14.5 Å². The standard InChI is InChI=1S/C15H11N3O4/c19-13(18-10-3-2-6-16-7-10)8-21-15(20)11-4-1-5-12-14(11)17-9-22-12/h1-7,9H,8H2,(H,18,19). The molecule has 3 rings (SSSR count). The van der Waals surface area contributed by atoms with Crippen molar-refractivity contribution in [1.29, 1.82) is 0 Å². The summed E-state index contributed by atoms with van der Waals surface area (Å²) in [4.78, 5) is 31.6. The Hall–Kier alpha value is -3.22. The van der Waals surface area contributed by atoms with Gasteiger partial charge in [-0.25, -0.2) is 9.78 Å². The number of rotatable bonds is 4. The van der Waals surface area contributed by atoms with E-state index >= 15 is 0 Å². The number of ether oxygens (including phenoxy) is 1. The lowest BCUT2D eigenvalue weighted by Crippen LogP contribution is -2.21. The summed E-state index contributed by atoms with van der Waals surface area (Å²) in [5.74, 6) is -1.09. The van der Waals surface area contributed by atoms with Gasteiger partial charge >= 0.3 is 5.97 Å². The molecule has 0 aliphatic heterocycles. The van der Waals surface area contributed by atoms with Crippen molar-refractivity contribution in [2.75, 3.05) is 11.9 Å². The summed E-state index contributed by atoms with van der Waals surface area (Å²) in [5, 5.41) is 2.57. The molecule has 22 heavy (non-hydrogen) atoms. The fourth-order valence-electron chi connectivity index (χ4n) is 1.89. The molecule has 0 saturated carbocycles. The number of nitrogens with zero attached hydrogens (tertiary/aromatic N) is 2. The largest absolute Gasteiger partial charge is 0.452 e. The number of hydrogen-bond acceptors (Lipinski definition) is 6. The molecule has 1 aromatic carbocycles. The summed E-state index contributed by atoms with van der Waals surface area (Å²) >= 11 is 0. The van der Waals surface area contributed by atoms with Crippen molar-refractivity contribution in [3.05, 3.63) is 54.7 Å². The Labute approximate surface area is 124 Å². The maximum absolute atomic E-state index is 12.0. The zero-order valence-corrected chi connectivity index (χ0v) is 11.4. The van der Waals surface area contributed by atoms with Crippen molar-refractivity contribution in [3.63, 3.8) is 0 Å². The van der Waals surface area contributed by atoms with Crippen molar-refractivity contribution in [3.8, 4) is 0 Å². The number of amides is 1. The first kappa shape index (κ1) is 13.7. The van der Waals surface area contributed by atoms with Gasteiger partial charge in [0.05, 0.1) is 17.4 Å². The highest BCUT2D eigenvalue weighted by Crippen LogP contribution is 2.17. The van der Waals surface area contributed by atoms with E-state index in [1.165, 1.54) is 12.6 Å². The number of hydrogen-bond donors (Lipinski definition) is 1. The van der Waals surface area contributed by atoms with Crippen LogP contribution in [0.2, 0.25) is 0 Å². The van der Waals surface area contributed by atoms with Crippen molar-refractivity contribution in [2.24, 2.45) is 0 Å². The van der Waals surface area contributed by atoms with Gasteiger partial charge in [-0.1, -0.05) is 6.07 Å². The van der Waals surface area contributed by atoms with Crippen LogP contribution in [-0.2, 0) is 9.53 Å². The molecular formula is C15H11N3O4. The normalized spacial score (nSPS) is 10.4. The average molecular weight is 297 g/mol. The molecule has 1 amide bonds. The molecular weight excluding hydrogens is 286 g/mol. The van der Waals surface area contributed by atoms with Gasteiger partial charge in [-0.15, -0.1) is 0 Å². The van der Waals surface area contributed by atoms with Crippen LogP contribution in [0.15, 0.2) is 53.5 Å². The van der Waals surface area contributed by atoms with Crippen LogP contribution in [0.4, 0.5) is 5.69 Å². The Morgan fingerprint density at radius 3 is 2.95 bits per heavy atom. The number of para-hydroxylation sites is 1. The van der Waals surface area contributed by atoms with E-state index < -0.39 is 18.5 Å². The fraction of sp³-hybridized carbons (Fsp3) is 0.0667. The van der Waals surface area contributed by atoms with Crippen LogP contribution in [0.1, 0.15) is 10.4 Å². The third-order valence-corrected chi connectivity index (χ3v) is 2.86. The number of carbonyl (C=O) groups excluding carboxylic acids is 2. The first-order valence-corrected chi connectivity index (χ1v) is 6.43. The molecule has 0 bridgehead atoms. The molecule has 0 aliphatic carbocycles. The molecule has 3 aromatic rings. The molecule has 0 unspecified atom stereocenters. The zero-order chi connectivity index (χ0) is 15.4. The second kappa shape index (κ2) is 6.04. The lowest BCUT2D eigenvalue weighted by molar-refractivity contribution is -0.119. The molecule has 7 nitrogen and oxygen atoms in total. The number of nitrogens with one attached hydrogen (secondary N) is 1. The van der Waals surface area contributed by atoms with Crippen molar-refractivity contribution in [1.82, 2.24) is 9.97 Å². The third-order valence-electron chi connectivity index (χ3n) is 2.86. The molecule has 0 atom stereocenters. The molecule has 0 radical (unpaired) electrons. The molecule has 0 fully saturated rings. The molecule has 2 heterocycles. The quantitative estimate of drug-likeness (QED) is 0.740. The summed E-state index contributed by atoms with van der Waals surface area (Å²) in [6.07, 6.45) is 4.33. The van der Waals surface area contributed by atoms with Crippen LogP contribution in [0.25, 0.3) is 11.1 Å². The number of oxazole rings is 1. The number of carbonyl (C=O) groups is 2. The lowest BCUT2D eigenvalue weighted by Gasteiger charge is -2.06. The third kappa shape index (κ3) is 2.93. The van der Waals surface area contributed by atoms with Gasteiger partial charge in [-0.2, -0.15) is 0 Å². The van der Waals surface area contributed by atoms with Crippen LogP contribution >= 0.6 is 0 Å². The highest BCUT2D eigenvalue weighted by Gasteiger charge is 2.15. The van der Waals surface area contributed by atoms with Crippen molar-refractivity contribution < 1.29 is 18.7 Å². The van der Waals surface area contributed by atoms with Crippen LogP contribution in [0.5, 0.6) is 0 Å². The molecule has 2 aromatic heterocycles. The minimum Gasteiger partial charge on any atom is -0.452 e. The van der Waals surface area contributed by atoms with Gasteiger partial charge in [0, 0.05) is 6.20 Å². The number of anilines is 1. The second-order valence-corrected chi connectivity index (χ2v) is 4.37. The first-order valence-electron chi connectivity index (χ1n) is 6.43. The maximum atomic E-state index is 12.0. The van der Waals surface area contributed by atoms with E-state index in [9.17, 15) is 9.59 Å². The zero-order valence-electron chi connectivity index (χ0n) is 11.4. The van der Waals surface area contributed by atoms with Gasteiger partial charge in [0.2, 0.25) is 0 Å². The Morgan fingerprint density at radius 1 is 1.23 bits per heavy atom. The highest BCUT2D eigenvalue weighted by molar-refractivity contribution is 6.02. The maximum Gasteiger partial charge on any atom is 0.340 e. The Balaban J connectivity index is 1.63. The van der Waals surface area contributed by atoms with Gasteiger partial charge in [0.25, 0.3) is 5.91 Å². The van der Waals surface area contributed by atoms with Crippen LogP contribution < -0.4 is 5.32 Å². The smallest absolute Gasteiger partial charge is 0.340 e. The fourth-order valence-corrected chi connectivity index (χ4v) is 1.89. The number of benzene rings is 1. The summed E-state index contributed by atoms with van der Waals surface area (Å²) in [6, 6.07) is 8.27. The molecule has 7 heteroatoms. The van der Waals surface area contributed by atoms with Gasteiger partial charge in [-0.05, 0) is 24.3 Å². The summed E-state index contributed by atoms with van der Waals surface area (Å²) in [5.41, 5.74) is 1.66. The Morgan fingerprint density at radius 2 is 2.14 bits per heavy atom. The van der Waals surface area contributed by atoms with E-state index in [0.29, 0.717) is 16.8 Å². The minimum absolute atomic E-state index is 0.250. The van der Waals surface area contributed by atoms with E-state index in [0.717, 1.165) is 0 Å². The molecule has 0 spiro atoms. The molecule has 110 valence electrons. The highest BCUT2D eigenvalue weighted by atomic mass is 16.5. The molecule has 0 saturated heterocycles. The van der Waals surface area contributed by atoms with Crippen molar-refractivity contribution in [2.45, 2.75) is 0 Å². The summed E-state index contributed by atoms with van der Waals surface area (Å²) in [7, 11) is 0. The topological polar surface area (TPSA) is 94.3 Å². The Kier molecular flexibility index (Phi) is 3.78. The molecule has 1 N–H and O–H groups in total. The van der Waals surface area contributed by atoms with Gasteiger partial charge in [0.15, 0.2) is 18.6 Å². The summed E-state index contributed by atoms with van der Waals surface area (Å²) < 4.78 is 10.1. The van der Waals surface area contributed by atoms with E-state index in [-0.39, 0.29) is 5.56 Å². The minimum atomic E-state index is -0.638. The Bertz CT molecular complexity index is 814. The van der Waals surface area contributed by atoms with E-state index in [2.05, 4.69) is 15.3 Å². The van der Waals surface area contributed by atoms with E-state index in [1.807, 2.05) is 0 Å². The number of pyridine rings is 1. The van der Waals surface area contributed by atoms with E-state index in [1.54, 1.807) is 36.5 Å². The van der Waals surface area contributed by atoms with Crippen LogP contribution in [-0.4, -0.2) is 28.5 Å². The lowest BCUT2D eigenvalue weighted by atomic mass is 10.2. The van der Waals surface area contributed by atoms with Crippen LogP contribution in [0.3, 0.4) is 0 Å². The van der Waals surface area contributed by atoms with Crippen molar-refractivity contribution >= 4 is 28.7 Å². The number of aromatic nitrogens is 2. The number of esters is 1. The monoisotopic (exact) mass is 297 g/mol. The van der Waals surface area contributed by atoms with Crippen LogP contribution in [0, 0.1) is 0 Å². The van der Waals surface area contributed by atoms with Gasteiger partial charge in [0.1, 0.15) is 5.52 Å². The average Bonchev–Trinajstić information content (AvgIpc) is 3.02.